The molecule has 4 nitrogen and oxygen atoms in total. The molecule has 4 heteroatoms. The van der Waals surface area contributed by atoms with Gasteiger partial charge in [-0.15, -0.1) is 0 Å². The van der Waals surface area contributed by atoms with Gasteiger partial charge in [-0.25, -0.2) is 0 Å². The summed E-state index contributed by atoms with van der Waals surface area (Å²) in [4.78, 5) is 16.5. The summed E-state index contributed by atoms with van der Waals surface area (Å²) in [6.07, 6.45) is 0.973. The average molecular weight is 276 g/mol. The number of esters is 1. The lowest BCUT2D eigenvalue weighted by Crippen LogP contribution is -2.56. The lowest BCUT2D eigenvalue weighted by molar-refractivity contribution is -0.151. The minimum atomic E-state index is -0.127. The van der Waals surface area contributed by atoms with Crippen molar-refractivity contribution < 1.29 is 9.53 Å². The summed E-state index contributed by atoms with van der Waals surface area (Å²) in [6.45, 7) is 5.90. The molecule has 0 aromatic heterocycles. The van der Waals surface area contributed by atoms with Crippen molar-refractivity contribution in [3.05, 3.63) is 35.9 Å². The fourth-order valence-corrected chi connectivity index (χ4v) is 2.60. The molecule has 1 aromatic rings. The molecule has 1 aliphatic rings. The molecule has 0 spiro atoms. The molecule has 0 N–H and O–H groups in total. The predicted molar refractivity (Wildman–Crippen MR) is 79.6 cm³/mol. The first-order valence-corrected chi connectivity index (χ1v) is 7.34. The number of ether oxygens (including phenoxy) is 1. The van der Waals surface area contributed by atoms with Gasteiger partial charge in [-0.05, 0) is 26.0 Å². The molecule has 1 heterocycles. The number of carbonyl (C=O) groups is 1. The van der Waals surface area contributed by atoms with Gasteiger partial charge in [0.15, 0.2) is 0 Å². The Balaban J connectivity index is 1.94. The van der Waals surface area contributed by atoms with Crippen LogP contribution in [0, 0.1) is 0 Å². The summed E-state index contributed by atoms with van der Waals surface area (Å²) in [7, 11) is 2.06. The topological polar surface area (TPSA) is 32.8 Å². The maximum absolute atomic E-state index is 12.1. The van der Waals surface area contributed by atoms with Crippen molar-refractivity contribution in [3.8, 4) is 0 Å². The highest BCUT2D eigenvalue weighted by Crippen LogP contribution is 2.12. The summed E-state index contributed by atoms with van der Waals surface area (Å²) in [5, 5.41) is 0. The Kier molecular flexibility index (Phi) is 5.56. The van der Waals surface area contributed by atoms with Crippen LogP contribution in [-0.4, -0.2) is 61.6 Å². The van der Waals surface area contributed by atoms with Crippen molar-refractivity contribution in [2.75, 3.05) is 39.8 Å². The second-order valence-corrected chi connectivity index (χ2v) is 5.30. The first kappa shape index (κ1) is 15.0. The van der Waals surface area contributed by atoms with E-state index in [0.29, 0.717) is 6.61 Å². The second-order valence-electron chi connectivity index (χ2n) is 5.30. The quantitative estimate of drug-likeness (QED) is 0.761. The Morgan fingerprint density at radius 3 is 2.75 bits per heavy atom. The summed E-state index contributed by atoms with van der Waals surface area (Å²) >= 11 is 0. The van der Waals surface area contributed by atoms with Crippen LogP contribution in [0.2, 0.25) is 0 Å². The summed E-state index contributed by atoms with van der Waals surface area (Å²) < 4.78 is 5.20. The summed E-state index contributed by atoms with van der Waals surface area (Å²) in [5.74, 6) is -0.0906. The Morgan fingerprint density at radius 2 is 2.05 bits per heavy atom. The highest BCUT2D eigenvalue weighted by Gasteiger charge is 2.31. The zero-order valence-corrected chi connectivity index (χ0v) is 12.4. The number of hydrogen-bond acceptors (Lipinski definition) is 4. The summed E-state index contributed by atoms with van der Waals surface area (Å²) in [5.41, 5.74) is 1.31. The van der Waals surface area contributed by atoms with Crippen molar-refractivity contribution in [1.29, 1.82) is 0 Å². The predicted octanol–water partition coefficient (Wildman–Crippen LogP) is 1.41. The van der Waals surface area contributed by atoms with Crippen LogP contribution in [0.25, 0.3) is 0 Å². The first-order chi connectivity index (χ1) is 9.70. The zero-order chi connectivity index (χ0) is 14.4. The smallest absolute Gasteiger partial charge is 0.324 e. The number of carbonyl (C=O) groups excluding carboxylic acids is 1. The van der Waals surface area contributed by atoms with Gasteiger partial charge in [0, 0.05) is 26.2 Å². The second kappa shape index (κ2) is 7.41. The van der Waals surface area contributed by atoms with E-state index in [1.807, 2.05) is 13.0 Å². The van der Waals surface area contributed by atoms with Gasteiger partial charge >= 0.3 is 5.97 Å². The highest BCUT2D eigenvalue weighted by atomic mass is 16.5. The molecule has 20 heavy (non-hydrogen) atoms. The van der Waals surface area contributed by atoms with E-state index in [9.17, 15) is 4.79 Å². The van der Waals surface area contributed by atoms with Gasteiger partial charge in [0.25, 0.3) is 0 Å². The zero-order valence-electron chi connectivity index (χ0n) is 12.4. The molecule has 1 aliphatic heterocycles. The minimum Gasteiger partial charge on any atom is -0.465 e. The van der Waals surface area contributed by atoms with Crippen molar-refractivity contribution in [2.45, 2.75) is 19.4 Å². The molecule has 0 aliphatic carbocycles. The number of nitrogens with zero attached hydrogens (tertiary/aromatic N) is 2. The molecule has 1 saturated heterocycles. The van der Waals surface area contributed by atoms with E-state index < -0.39 is 0 Å². The van der Waals surface area contributed by atoms with Crippen LogP contribution < -0.4 is 0 Å². The van der Waals surface area contributed by atoms with Gasteiger partial charge < -0.3 is 9.64 Å². The van der Waals surface area contributed by atoms with Crippen molar-refractivity contribution in [3.63, 3.8) is 0 Å². The van der Waals surface area contributed by atoms with Crippen LogP contribution in [0.3, 0.4) is 0 Å². The monoisotopic (exact) mass is 276 g/mol. The van der Waals surface area contributed by atoms with Crippen molar-refractivity contribution in [1.82, 2.24) is 9.80 Å². The maximum Gasteiger partial charge on any atom is 0.324 e. The molecule has 1 aromatic carbocycles. The molecular weight excluding hydrogens is 252 g/mol. The van der Waals surface area contributed by atoms with Crippen molar-refractivity contribution in [2.24, 2.45) is 0 Å². The fraction of sp³-hybridized carbons (Fsp3) is 0.562. The van der Waals surface area contributed by atoms with Crippen molar-refractivity contribution >= 4 is 5.97 Å². The molecule has 0 bridgehead atoms. The Hall–Kier alpha value is -1.39. The van der Waals surface area contributed by atoms with Crippen LogP contribution in [0.15, 0.2) is 30.3 Å². The van der Waals surface area contributed by atoms with E-state index in [2.05, 4.69) is 41.1 Å². The van der Waals surface area contributed by atoms with Crippen LogP contribution >= 0.6 is 0 Å². The maximum atomic E-state index is 12.1. The van der Waals surface area contributed by atoms with Crippen LogP contribution in [0.1, 0.15) is 12.5 Å². The van der Waals surface area contributed by atoms with Gasteiger partial charge in [0.2, 0.25) is 0 Å². The number of hydrogen-bond donors (Lipinski definition) is 0. The standard InChI is InChI=1S/C16H24N2O2/c1-3-20-16(19)15-13-17(2)11-12-18(15)10-9-14-7-5-4-6-8-14/h4-8,15H,3,9-13H2,1-2H3. The first-order valence-electron chi connectivity index (χ1n) is 7.34. The van der Waals surface area contributed by atoms with E-state index >= 15 is 0 Å². The van der Waals surface area contributed by atoms with E-state index in [1.54, 1.807) is 0 Å². The van der Waals surface area contributed by atoms with E-state index in [0.717, 1.165) is 32.6 Å². The number of piperazine rings is 1. The third-order valence-electron chi connectivity index (χ3n) is 3.78. The third kappa shape index (κ3) is 4.05. The molecule has 0 amide bonds. The van der Waals surface area contributed by atoms with Gasteiger partial charge in [-0.1, -0.05) is 30.3 Å². The van der Waals surface area contributed by atoms with Crippen LogP contribution in [-0.2, 0) is 16.0 Å². The molecular formula is C16H24N2O2. The van der Waals surface area contributed by atoms with Gasteiger partial charge in [-0.3, -0.25) is 9.69 Å². The molecule has 2 rings (SSSR count). The minimum absolute atomic E-state index is 0.0906. The summed E-state index contributed by atoms with van der Waals surface area (Å²) in [6, 6.07) is 10.3. The molecule has 0 radical (unpaired) electrons. The van der Waals surface area contributed by atoms with Crippen LogP contribution in [0.4, 0.5) is 0 Å². The van der Waals surface area contributed by atoms with Gasteiger partial charge in [0.05, 0.1) is 6.61 Å². The normalized spacial score (nSPS) is 20.8. The molecule has 1 fully saturated rings. The lowest BCUT2D eigenvalue weighted by Gasteiger charge is -2.38. The van der Waals surface area contributed by atoms with Crippen LogP contribution in [0.5, 0.6) is 0 Å². The highest BCUT2D eigenvalue weighted by molar-refractivity contribution is 5.76. The Morgan fingerprint density at radius 1 is 1.30 bits per heavy atom. The largest absolute Gasteiger partial charge is 0.465 e. The lowest BCUT2D eigenvalue weighted by atomic mass is 10.1. The van der Waals surface area contributed by atoms with E-state index in [4.69, 9.17) is 4.74 Å². The Bertz CT molecular complexity index is 422. The number of rotatable bonds is 5. The molecule has 0 saturated carbocycles. The third-order valence-corrected chi connectivity index (χ3v) is 3.78. The van der Waals surface area contributed by atoms with E-state index in [-0.39, 0.29) is 12.0 Å². The average Bonchev–Trinajstić information content (AvgIpc) is 2.47. The van der Waals surface area contributed by atoms with Gasteiger partial charge in [-0.2, -0.15) is 0 Å². The molecule has 110 valence electrons. The van der Waals surface area contributed by atoms with Gasteiger partial charge in [0.1, 0.15) is 6.04 Å². The fourth-order valence-electron chi connectivity index (χ4n) is 2.60. The molecule has 1 atom stereocenters. The molecule has 1 unspecified atom stereocenters. The Labute approximate surface area is 121 Å². The number of likely N-dealkylation sites (N-methyl/N-ethyl adjacent to an activating group) is 1. The van der Waals surface area contributed by atoms with E-state index in [1.165, 1.54) is 5.56 Å². The SMILES string of the molecule is CCOC(=O)C1CN(C)CCN1CCc1ccccc1. The number of benzene rings is 1.